The standard InChI is InChI=1S/C24H25NO/c1-3-9-19(10-4-1)22-15-16-25-17-21(22)18-26-24-14-8-7-13-23(24)20-11-5-2-6-12-20/h1-14,21-22,25H,15-18H2/t21-,22-/m0/s1. The third-order valence-corrected chi connectivity index (χ3v) is 5.26. The summed E-state index contributed by atoms with van der Waals surface area (Å²) in [6.45, 7) is 2.82. The summed E-state index contributed by atoms with van der Waals surface area (Å²) in [5, 5.41) is 3.54. The number of para-hydroxylation sites is 1. The van der Waals surface area contributed by atoms with Crippen molar-refractivity contribution in [1.82, 2.24) is 5.32 Å². The van der Waals surface area contributed by atoms with E-state index in [9.17, 15) is 0 Å². The van der Waals surface area contributed by atoms with Gasteiger partial charge < -0.3 is 10.1 Å². The van der Waals surface area contributed by atoms with Gasteiger partial charge in [0, 0.05) is 18.0 Å². The van der Waals surface area contributed by atoms with Gasteiger partial charge >= 0.3 is 0 Å². The number of benzene rings is 3. The smallest absolute Gasteiger partial charge is 0.127 e. The number of nitrogens with one attached hydrogen (secondary N) is 1. The number of piperidine rings is 1. The van der Waals surface area contributed by atoms with Crippen molar-refractivity contribution in [1.29, 1.82) is 0 Å². The molecular formula is C24H25NO. The zero-order valence-corrected chi connectivity index (χ0v) is 15.0. The monoisotopic (exact) mass is 343 g/mol. The molecule has 1 aliphatic rings. The van der Waals surface area contributed by atoms with E-state index in [0.29, 0.717) is 11.8 Å². The Morgan fingerprint density at radius 2 is 1.50 bits per heavy atom. The summed E-state index contributed by atoms with van der Waals surface area (Å²) in [4.78, 5) is 0. The largest absolute Gasteiger partial charge is 0.493 e. The van der Waals surface area contributed by atoms with Crippen LogP contribution in [0.5, 0.6) is 5.75 Å². The Morgan fingerprint density at radius 1 is 0.808 bits per heavy atom. The van der Waals surface area contributed by atoms with Crippen molar-refractivity contribution < 1.29 is 4.74 Å². The lowest BCUT2D eigenvalue weighted by atomic mass is 9.81. The van der Waals surface area contributed by atoms with Crippen LogP contribution in [0.2, 0.25) is 0 Å². The van der Waals surface area contributed by atoms with Gasteiger partial charge in [0.2, 0.25) is 0 Å². The molecule has 2 heteroatoms. The fraction of sp³-hybridized carbons (Fsp3) is 0.250. The molecular weight excluding hydrogens is 318 g/mol. The molecule has 0 aliphatic carbocycles. The molecule has 4 rings (SSSR count). The highest BCUT2D eigenvalue weighted by atomic mass is 16.5. The van der Waals surface area contributed by atoms with Gasteiger partial charge in [-0.15, -0.1) is 0 Å². The summed E-state index contributed by atoms with van der Waals surface area (Å²) in [6, 6.07) is 29.7. The van der Waals surface area contributed by atoms with Crippen molar-refractivity contribution in [3.63, 3.8) is 0 Å². The van der Waals surface area contributed by atoms with Crippen LogP contribution in [0.15, 0.2) is 84.9 Å². The van der Waals surface area contributed by atoms with Crippen molar-refractivity contribution in [3.8, 4) is 16.9 Å². The molecule has 0 aromatic heterocycles. The number of hydrogen-bond donors (Lipinski definition) is 1. The molecule has 0 saturated carbocycles. The Morgan fingerprint density at radius 3 is 2.31 bits per heavy atom. The van der Waals surface area contributed by atoms with Gasteiger partial charge in [-0.1, -0.05) is 78.9 Å². The van der Waals surface area contributed by atoms with Crippen LogP contribution in [-0.4, -0.2) is 19.7 Å². The molecule has 3 aromatic rings. The first-order valence-corrected chi connectivity index (χ1v) is 9.45. The second-order valence-corrected chi connectivity index (χ2v) is 6.94. The lowest BCUT2D eigenvalue weighted by Gasteiger charge is -2.32. The van der Waals surface area contributed by atoms with Crippen LogP contribution in [0.25, 0.3) is 11.1 Å². The van der Waals surface area contributed by atoms with Crippen molar-refractivity contribution in [2.45, 2.75) is 12.3 Å². The van der Waals surface area contributed by atoms with Gasteiger partial charge in [-0.25, -0.2) is 0 Å². The predicted molar refractivity (Wildman–Crippen MR) is 108 cm³/mol. The summed E-state index contributed by atoms with van der Waals surface area (Å²) in [5.41, 5.74) is 3.79. The second-order valence-electron chi connectivity index (χ2n) is 6.94. The summed E-state index contributed by atoms with van der Waals surface area (Å²) in [5.74, 6) is 2.01. The van der Waals surface area contributed by atoms with Gasteiger partial charge in [-0.05, 0) is 36.1 Å². The molecule has 0 bridgehead atoms. The van der Waals surface area contributed by atoms with E-state index in [-0.39, 0.29) is 0 Å². The third kappa shape index (κ3) is 3.81. The van der Waals surface area contributed by atoms with Crippen LogP contribution in [0.4, 0.5) is 0 Å². The van der Waals surface area contributed by atoms with Crippen LogP contribution in [0.3, 0.4) is 0 Å². The van der Waals surface area contributed by atoms with Gasteiger partial charge in [-0.2, -0.15) is 0 Å². The Hall–Kier alpha value is -2.58. The van der Waals surface area contributed by atoms with Crippen molar-refractivity contribution in [3.05, 3.63) is 90.5 Å². The molecule has 1 fully saturated rings. The summed E-state index contributed by atoms with van der Waals surface area (Å²) >= 11 is 0. The predicted octanol–water partition coefficient (Wildman–Crippen LogP) is 5.13. The Labute approximate surface area is 155 Å². The normalized spacial score (nSPS) is 19.8. The first-order valence-electron chi connectivity index (χ1n) is 9.45. The van der Waals surface area contributed by atoms with Gasteiger partial charge in [0.1, 0.15) is 5.75 Å². The zero-order chi connectivity index (χ0) is 17.6. The van der Waals surface area contributed by atoms with Gasteiger partial charge in [-0.3, -0.25) is 0 Å². The number of rotatable bonds is 5. The quantitative estimate of drug-likeness (QED) is 0.694. The average molecular weight is 343 g/mol. The fourth-order valence-corrected chi connectivity index (χ4v) is 3.88. The van der Waals surface area contributed by atoms with E-state index in [1.807, 2.05) is 6.07 Å². The van der Waals surface area contributed by atoms with Gasteiger partial charge in [0.05, 0.1) is 6.61 Å². The summed E-state index contributed by atoms with van der Waals surface area (Å²) < 4.78 is 6.34. The molecule has 1 N–H and O–H groups in total. The van der Waals surface area contributed by atoms with Crippen molar-refractivity contribution in [2.24, 2.45) is 5.92 Å². The molecule has 0 radical (unpaired) electrons. The zero-order valence-electron chi connectivity index (χ0n) is 15.0. The molecule has 1 saturated heterocycles. The maximum absolute atomic E-state index is 6.34. The number of ether oxygens (including phenoxy) is 1. The first kappa shape index (κ1) is 16.9. The molecule has 26 heavy (non-hydrogen) atoms. The average Bonchev–Trinajstić information content (AvgIpc) is 2.74. The van der Waals surface area contributed by atoms with E-state index < -0.39 is 0 Å². The van der Waals surface area contributed by atoms with E-state index in [2.05, 4.69) is 84.2 Å². The minimum Gasteiger partial charge on any atom is -0.493 e. The highest BCUT2D eigenvalue weighted by Crippen LogP contribution is 2.33. The minimum absolute atomic E-state index is 0.481. The maximum atomic E-state index is 6.34. The second kappa shape index (κ2) is 8.20. The first-order chi connectivity index (χ1) is 12.9. The third-order valence-electron chi connectivity index (χ3n) is 5.26. The molecule has 0 spiro atoms. The summed E-state index contributed by atoms with van der Waals surface area (Å²) in [7, 11) is 0. The molecule has 132 valence electrons. The van der Waals surface area contributed by atoms with Crippen LogP contribution in [0, 0.1) is 5.92 Å². The van der Waals surface area contributed by atoms with E-state index in [1.165, 1.54) is 17.5 Å². The van der Waals surface area contributed by atoms with Crippen LogP contribution in [-0.2, 0) is 0 Å². The van der Waals surface area contributed by atoms with Crippen molar-refractivity contribution >= 4 is 0 Å². The SMILES string of the molecule is c1ccc(-c2ccccc2OC[C@@H]2CNCC[C@H]2c2ccccc2)cc1. The van der Waals surface area contributed by atoms with Crippen molar-refractivity contribution in [2.75, 3.05) is 19.7 Å². The molecule has 2 nitrogen and oxygen atoms in total. The molecule has 2 atom stereocenters. The molecule has 0 unspecified atom stereocenters. The topological polar surface area (TPSA) is 21.3 Å². The van der Waals surface area contributed by atoms with Crippen LogP contribution in [0.1, 0.15) is 17.9 Å². The number of hydrogen-bond acceptors (Lipinski definition) is 2. The van der Waals surface area contributed by atoms with Gasteiger partial charge in [0.15, 0.2) is 0 Å². The Kier molecular flexibility index (Phi) is 5.32. The minimum atomic E-state index is 0.481. The molecule has 0 amide bonds. The summed E-state index contributed by atoms with van der Waals surface area (Å²) in [6.07, 6.45) is 1.17. The molecule has 3 aromatic carbocycles. The lowest BCUT2D eigenvalue weighted by Crippen LogP contribution is -2.38. The van der Waals surface area contributed by atoms with Gasteiger partial charge in [0.25, 0.3) is 0 Å². The lowest BCUT2D eigenvalue weighted by molar-refractivity contribution is 0.197. The molecule has 1 heterocycles. The Bertz CT molecular complexity index is 816. The van der Waals surface area contributed by atoms with E-state index in [4.69, 9.17) is 4.74 Å². The van der Waals surface area contributed by atoms with Crippen LogP contribution >= 0.6 is 0 Å². The van der Waals surface area contributed by atoms with E-state index >= 15 is 0 Å². The maximum Gasteiger partial charge on any atom is 0.127 e. The molecule has 1 aliphatic heterocycles. The van der Waals surface area contributed by atoms with E-state index in [1.54, 1.807) is 0 Å². The van der Waals surface area contributed by atoms with E-state index in [0.717, 1.165) is 31.0 Å². The van der Waals surface area contributed by atoms with Crippen LogP contribution < -0.4 is 10.1 Å². The highest BCUT2D eigenvalue weighted by Gasteiger charge is 2.27. The Balaban J connectivity index is 1.52. The highest BCUT2D eigenvalue weighted by molar-refractivity contribution is 5.70. The fourth-order valence-electron chi connectivity index (χ4n) is 3.88.